The van der Waals surface area contributed by atoms with Gasteiger partial charge in [0.2, 0.25) is 0 Å². The predicted molar refractivity (Wildman–Crippen MR) is 102 cm³/mol. The molecule has 0 saturated heterocycles. The van der Waals surface area contributed by atoms with Crippen molar-refractivity contribution in [2.24, 2.45) is 4.99 Å². The zero-order valence-corrected chi connectivity index (χ0v) is 16.4. The van der Waals surface area contributed by atoms with Gasteiger partial charge in [0.1, 0.15) is 23.7 Å². The number of hydrogen-bond donors (Lipinski definition) is 1. The summed E-state index contributed by atoms with van der Waals surface area (Å²) in [6.45, 7) is 3.33. The summed E-state index contributed by atoms with van der Waals surface area (Å²) in [5.41, 5.74) is -1.81. The summed E-state index contributed by atoms with van der Waals surface area (Å²) in [6.07, 6.45) is -10.2. The van der Waals surface area contributed by atoms with Crippen LogP contribution in [0, 0.1) is 5.41 Å². The molecule has 0 fully saturated rings. The normalized spacial score (nSPS) is 15.7. The van der Waals surface area contributed by atoms with E-state index >= 15 is 0 Å². The smallest absolute Gasteiger partial charge is 0.417 e. The lowest BCUT2D eigenvalue weighted by atomic mass is 10.0. The molecule has 2 atom stereocenters. The molecule has 1 aliphatic heterocycles. The third-order valence-corrected chi connectivity index (χ3v) is 4.71. The Morgan fingerprint density at radius 3 is 1.81 bits per heavy atom. The van der Waals surface area contributed by atoms with Gasteiger partial charge in [0.05, 0.1) is 23.4 Å². The Hall–Kier alpha value is -3.04. The average Bonchev–Trinajstić information content (AvgIpc) is 3.51. The second kappa shape index (κ2) is 8.24. The second-order valence-electron chi connectivity index (χ2n) is 7.01. The highest BCUT2D eigenvalue weighted by molar-refractivity contribution is 6.11. The Balaban J connectivity index is 1.75. The maximum Gasteiger partial charge on any atom is 0.417 e. The van der Waals surface area contributed by atoms with Crippen LogP contribution in [0.1, 0.15) is 36.1 Å². The van der Waals surface area contributed by atoms with E-state index < -0.39 is 35.7 Å². The SMILES string of the molecule is CC(Oc1ccc(C=N)c(C(F)(F)F)c1)[C@H](C)Oc1ccc(C2=NC2)c(C(F)(F)F)c1. The maximum atomic E-state index is 13.4. The summed E-state index contributed by atoms with van der Waals surface area (Å²) in [4.78, 5) is 3.81. The van der Waals surface area contributed by atoms with Crippen molar-refractivity contribution in [3.63, 3.8) is 0 Å². The highest BCUT2D eigenvalue weighted by atomic mass is 19.4. The van der Waals surface area contributed by atoms with E-state index in [9.17, 15) is 26.3 Å². The van der Waals surface area contributed by atoms with Crippen LogP contribution in [-0.2, 0) is 12.4 Å². The number of nitrogens with one attached hydrogen (secondary N) is 1. The molecule has 0 saturated carbocycles. The van der Waals surface area contributed by atoms with Gasteiger partial charge in [0.25, 0.3) is 0 Å². The molecule has 0 amide bonds. The van der Waals surface area contributed by atoms with Crippen molar-refractivity contribution < 1.29 is 35.8 Å². The quantitative estimate of drug-likeness (QED) is 0.436. The summed E-state index contributed by atoms with van der Waals surface area (Å²) >= 11 is 0. The van der Waals surface area contributed by atoms with E-state index in [1.807, 2.05) is 0 Å². The molecule has 1 unspecified atom stereocenters. The number of aliphatic imine (C=N–C) groups is 1. The number of halogens is 6. The standard InChI is InChI=1S/C21H18F6N2O2/c1-11(30-14-4-3-13(9-28)17(7-14)20(22,23)24)12(2)31-15-5-6-16(19-10-29-19)18(8-15)21(25,26)27/h3-9,11-12,28H,10H2,1-2H3/t11?,12-/m0/s1. The van der Waals surface area contributed by atoms with Gasteiger partial charge in [-0.25, -0.2) is 0 Å². The van der Waals surface area contributed by atoms with E-state index in [4.69, 9.17) is 14.9 Å². The van der Waals surface area contributed by atoms with Crippen molar-refractivity contribution in [2.45, 2.75) is 38.4 Å². The molecule has 166 valence electrons. The first-order valence-electron chi connectivity index (χ1n) is 9.20. The summed E-state index contributed by atoms with van der Waals surface area (Å²) in [6, 6.07) is 6.71. The van der Waals surface area contributed by atoms with Crippen LogP contribution in [0.15, 0.2) is 41.4 Å². The average molecular weight is 444 g/mol. The largest absolute Gasteiger partial charge is 0.487 e. The lowest BCUT2D eigenvalue weighted by Crippen LogP contribution is -2.31. The maximum absolute atomic E-state index is 13.4. The van der Waals surface area contributed by atoms with E-state index in [-0.39, 0.29) is 29.2 Å². The van der Waals surface area contributed by atoms with Gasteiger partial charge in [0.15, 0.2) is 0 Å². The van der Waals surface area contributed by atoms with Crippen molar-refractivity contribution in [3.05, 3.63) is 58.7 Å². The van der Waals surface area contributed by atoms with Gasteiger partial charge in [-0.05, 0) is 50.2 Å². The van der Waals surface area contributed by atoms with Gasteiger partial charge in [-0.1, -0.05) is 0 Å². The fraction of sp³-hybridized carbons (Fsp3) is 0.333. The molecule has 4 nitrogen and oxygen atoms in total. The molecule has 31 heavy (non-hydrogen) atoms. The molecular weight excluding hydrogens is 426 g/mol. The van der Waals surface area contributed by atoms with Crippen LogP contribution in [0.5, 0.6) is 11.5 Å². The van der Waals surface area contributed by atoms with Gasteiger partial charge >= 0.3 is 12.4 Å². The second-order valence-corrected chi connectivity index (χ2v) is 7.01. The van der Waals surface area contributed by atoms with Crippen LogP contribution in [0.4, 0.5) is 26.3 Å². The van der Waals surface area contributed by atoms with Gasteiger partial charge in [-0.3, -0.25) is 4.99 Å². The number of nitrogens with zero attached hydrogens (tertiary/aromatic N) is 1. The van der Waals surface area contributed by atoms with E-state index in [2.05, 4.69) is 4.99 Å². The topological polar surface area (TPSA) is 54.7 Å². The van der Waals surface area contributed by atoms with Crippen molar-refractivity contribution in [2.75, 3.05) is 6.54 Å². The molecule has 1 heterocycles. The van der Waals surface area contributed by atoms with Crippen LogP contribution < -0.4 is 9.47 Å². The number of benzene rings is 2. The molecule has 0 bridgehead atoms. The zero-order valence-electron chi connectivity index (χ0n) is 16.4. The van der Waals surface area contributed by atoms with Gasteiger partial charge in [0, 0.05) is 17.3 Å². The fourth-order valence-electron chi connectivity index (χ4n) is 2.89. The van der Waals surface area contributed by atoms with Crippen molar-refractivity contribution in [3.8, 4) is 11.5 Å². The van der Waals surface area contributed by atoms with Crippen LogP contribution >= 0.6 is 0 Å². The van der Waals surface area contributed by atoms with E-state index in [0.29, 0.717) is 11.9 Å². The van der Waals surface area contributed by atoms with Crippen molar-refractivity contribution in [1.29, 1.82) is 5.41 Å². The minimum atomic E-state index is -4.67. The lowest BCUT2D eigenvalue weighted by Gasteiger charge is -2.24. The van der Waals surface area contributed by atoms with Crippen LogP contribution in [0.25, 0.3) is 0 Å². The Morgan fingerprint density at radius 2 is 1.35 bits per heavy atom. The van der Waals surface area contributed by atoms with E-state index in [0.717, 1.165) is 18.2 Å². The molecule has 0 radical (unpaired) electrons. The first-order chi connectivity index (χ1) is 14.4. The minimum Gasteiger partial charge on any atom is -0.487 e. The molecule has 1 N–H and O–H groups in total. The summed E-state index contributed by atoms with van der Waals surface area (Å²) < 4.78 is 90.6. The minimum absolute atomic E-state index is 0.00256. The van der Waals surface area contributed by atoms with Crippen LogP contribution in [0.3, 0.4) is 0 Å². The number of hydrogen-bond acceptors (Lipinski definition) is 4. The molecule has 3 rings (SSSR count). The van der Waals surface area contributed by atoms with Crippen LogP contribution in [0.2, 0.25) is 0 Å². The Labute approximate surface area is 174 Å². The molecular formula is C21H18F6N2O2. The monoisotopic (exact) mass is 444 g/mol. The third-order valence-electron chi connectivity index (χ3n) is 4.71. The number of ether oxygens (including phenoxy) is 2. The van der Waals surface area contributed by atoms with E-state index in [1.54, 1.807) is 0 Å². The molecule has 0 aliphatic carbocycles. The predicted octanol–water partition coefficient (Wildman–Crippen LogP) is 5.76. The van der Waals surface area contributed by atoms with Crippen LogP contribution in [-0.4, -0.2) is 30.7 Å². The van der Waals surface area contributed by atoms with E-state index in [1.165, 1.54) is 32.0 Å². The highest BCUT2D eigenvalue weighted by Crippen LogP contribution is 2.37. The Kier molecular flexibility index (Phi) is 6.02. The zero-order chi connectivity index (χ0) is 23.0. The van der Waals surface area contributed by atoms with Gasteiger partial charge < -0.3 is 14.9 Å². The molecule has 0 spiro atoms. The van der Waals surface area contributed by atoms with Crippen molar-refractivity contribution in [1.82, 2.24) is 0 Å². The lowest BCUT2D eigenvalue weighted by molar-refractivity contribution is -0.138. The number of alkyl halides is 6. The summed E-state index contributed by atoms with van der Waals surface area (Å²) in [7, 11) is 0. The molecule has 1 aliphatic rings. The molecule has 0 aromatic heterocycles. The Bertz CT molecular complexity index is 1010. The highest BCUT2D eigenvalue weighted by Gasteiger charge is 2.37. The molecule has 2 aromatic carbocycles. The fourth-order valence-corrected chi connectivity index (χ4v) is 2.89. The first-order valence-corrected chi connectivity index (χ1v) is 9.20. The Morgan fingerprint density at radius 1 is 0.871 bits per heavy atom. The van der Waals surface area contributed by atoms with Gasteiger partial charge in [-0.2, -0.15) is 26.3 Å². The summed E-state index contributed by atoms with van der Waals surface area (Å²) in [5, 5.41) is 7.10. The molecule has 10 heteroatoms. The van der Waals surface area contributed by atoms with Crippen molar-refractivity contribution >= 4 is 11.9 Å². The van der Waals surface area contributed by atoms with Gasteiger partial charge in [-0.15, -0.1) is 0 Å². The number of rotatable bonds is 7. The third kappa shape index (κ3) is 5.36. The first kappa shape index (κ1) is 22.6. The summed E-state index contributed by atoms with van der Waals surface area (Å²) in [5.74, 6) is -0.144. The molecule has 2 aromatic rings.